The van der Waals surface area contributed by atoms with Gasteiger partial charge in [-0.2, -0.15) is 0 Å². The minimum absolute atomic E-state index is 0.165. The third-order valence-corrected chi connectivity index (χ3v) is 4.06. The monoisotopic (exact) mass is 389 g/mol. The Hall–Kier alpha value is -2.67. The van der Waals surface area contributed by atoms with Crippen molar-refractivity contribution in [3.63, 3.8) is 0 Å². The van der Waals surface area contributed by atoms with Crippen LogP contribution in [0.3, 0.4) is 0 Å². The lowest BCUT2D eigenvalue weighted by Gasteiger charge is -2.06. The number of primary amides is 1. The van der Waals surface area contributed by atoms with Crippen LogP contribution in [-0.2, 0) is 6.54 Å². The van der Waals surface area contributed by atoms with E-state index in [1.165, 1.54) is 18.2 Å². The van der Waals surface area contributed by atoms with Crippen LogP contribution in [0.5, 0.6) is 0 Å². The average molecular weight is 390 g/mol. The Balaban J connectivity index is 1.73. The SMILES string of the molecule is NC(=O)c1cc(NCc2ncc(-c3ccccc3Br)o2)ccc1F. The number of nitrogens with zero attached hydrogens (tertiary/aromatic N) is 1. The summed E-state index contributed by atoms with van der Waals surface area (Å²) < 4.78 is 20.1. The van der Waals surface area contributed by atoms with Crippen molar-refractivity contribution in [1.29, 1.82) is 0 Å². The smallest absolute Gasteiger partial charge is 0.251 e. The zero-order valence-corrected chi connectivity index (χ0v) is 14.0. The van der Waals surface area contributed by atoms with Gasteiger partial charge in [0, 0.05) is 15.7 Å². The summed E-state index contributed by atoms with van der Waals surface area (Å²) in [5, 5.41) is 3.02. The van der Waals surface area contributed by atoms with Crippen molar-refractivity contribution < 1.29 is 13.6 Å². The molecule has 0 fully saturated rings. The number of halogens is 2. The first-order valence-corrected chi connectivity index (χ1v) is 7.86. The summed E-state index contributed by atoms with van der Waals surface area (Å²) in [6, 6.07) is 11.7. The molecule has 0 atom stereocenters. The molecule has 1 aromatic heterocycles. The lowest BCUT2D eigenvalue weighted by atomic mass is 10.2. The minimum atomic E-state index is -0.816. The van der Waals surface area contributed by atoms with E-state index in [-0.39, 0.29) is 12.1 Å². The molecule has 0 aliphatic heterocycles. The number of anilines is 1. The molecule has 1 amide bonds. The second-order valence-electron chi connectivity index (χ2n) is 5.01. The Morgan fingerprint density at radius 2 is 2.08 bits per heavy atom. The molecule has 3 N–H and O–H groups in total. The van der Waals surface area contributed by atoms with Crippen molar-refractivity contribution >= 4 is 27.5 Å². The van der Waals surface area contributed by atoms with Crippen molar-refractivity contribution in [3.05, 3.63) is 70.4 Å². The zero-order chi connectivity index (χ0) is 17.1. The molecule has 3 aromatic rings. The highest BCUT2D eigenvalue weighted by atomic mass is 79.9. The van der Waals surface area contributed by atoms with Gasteiger partial charge in [0.2, 0.25) is 5.89 Å². The first-order valence-electron chi connectivity index (χ1n) is 7.07. The summed E-state index contributed by atoms with van der Waals surface area (Å²) in [5.74, 6) is -0.370. The standard InChI is InChI=1S/C17H13BrFN3O2/c18-13-4-2-1-3-11(13)15-8-22-16(24-15)9-21-10-5-6-14(19)12(7-10)17(20)23/h1-8,21H,9H2,(H2,20,23). The lowest BCUT2D eigenvalue weighted by molar-refractivity contribution is 0.0996. The van der Waals surface area contributed by atoms with Crippen molar-refractivity contribution in [2.45, 2.75) is 6.54 Å². The zero-order valence-electron chi connectivity index (χ0n) is 12.4. The number of carbonyl (C=O) groups excluding carboxylic acids is 1. The molecule has 122 valence electrons. The molecular formula is C17H13BrFN3O2. The Labute approximate surface area is 145 Å². The maximum atomic E-state index is 13.4. The fraction of sp³-hybridized carbons (Fsp3) is 0.0588. The number of hydrogen-bond acceptors (Lipinski definition) is 4. The summed E-state index contributed by atoms with van der Waals surface area (Å²) in [6.07, 6.45) is 1.64. The Morgan fingerprint density at radius 3 is 2.83 bits per heavy atom. The Morgan fingerprint density at radius 1 is 1.29 bits per heavy atom. The first kappa shape index (κ1) is 16.2. The molecule has 7 heteroatoms. The van der Waals surface area contributed by atoms with E-state index in [0.29, 0.717) is 17.3 Å². The topological polar surface area (TPSA) is 81.2 Å². The normalized spacial score (nSPS) is 10.6. The van der Waals surface area contributed by atoms with Gasteiger partial charge < -0.3 is 15.5 Å². The molecule has 2 aromatic carbocycles. The van der Waals surface area contributed by atoms with Gasteiger partial charge in [-0.15, -0.1) is 0 Å². The fourth-order valence-corrected chi connectivity index (χ4v) is 2.66. The fourth-order valence-electron chi connectivity index (χ4n) is 2.18. The number of hydrogen-bond donors (Lipinski definition) is 2. The molecular weight excluding hydrogens is 377 g/mol. The number of nitrogens with one attached hydrogen (secondary N) is 1. The number of oxazole rings is 1. The van der Waals surface area contributed by atoms with Gasteiger partial charge in [0.05, 0.1) is 18.3 Å². The van der Waals surface area contributed by atoms with Crippen LogP contribution in [0.15, 0.2) is 57.6 Å². The van der Waals surface area contributed by atoms with Gasteiger partial charge in [0.15, 0.2) is 5.76 Å². The van der Waals surface area contributed by atoms with Crippen LogP contribution in [0, 0.1) is 5.82 Å². The number of amides is 1. The highest BCUT2D eigenvalue weighted by Gasteiger charge is 2.11. The van der Waals surface area contributed by atoms with E-state index in [0.717, 1.165) is 10.0 Å². The predicted molar refractivity (Wildman–Crippen MR) is 91.9 cm³/mol. The molecule has 0 spiro atoms. The van der Waals surface area contributed by atoms with Crippen molar-refractivity contribution in [3.8, 4) is 11.3 Å². The quantitative estimate of drug-likeness (QED) is 0.691. The highest BCUT2D eigenvalue weighted by Crippen LogP contribution is 2.28. The molecule has 0 aliphatic carbocycles. The van der Waals surface area contributed by atoms with Crippen molar-refractivity contribution in [2.24, 2.45) is 5.73 Å². The van der Waals surface area contributed by atoms with Crippen LogP contribution in [0.4, 0.5) is 10.1 Å². The van der Waals surface area contributed by atoms with Gasteiger partial charge in [-0.3, -0.25) is 4.79 Å². The number of carbonyl (C=O) groups is 1. The molecule has 24 heavy (non-hydrogen) atoms. The van der Waals surface area contributed by atoms with Gasteiger partial charge in [-0.05, 0) is 24.3 Å². The third kappa shape index (κ3) is 3.46. The van der Waals surface area contributed by atoms with E-state index < -0.39 is 11.7 Å². The van der Waals surface area contributed by atoms with E-state index in [2.05, 4.69) is 26.2 Å². The van der Waals surface area contributed by atoms with Crippen LogP contribution >= 0.6 is 15.9 Å². The van der Waals surface area contributed by atoms with Crippen molar-refractivity contribution in [1.82, 2.24) is 4.98 Å². The molecule has 0 bridgehead atoms. The van der Waals surface area contributed by atoms with E-state index >= 15 is 0 Å². The molecule has 0 aliphatic rings. The molecule has 0 radical (unpaired) electrons. The summed E-state index contributed by atoms with van der Waals surface area (Å²) in [6.45, 7) is 0.286. The largest absolute Gasteiger partial charge is 0.439 e. The van der Waals surface area contributed by atoms with E-state index in [1.54, 1.807) is 6.20 Å². The first-order chi connectivity index (χ1) is 11.5. The van der Waals surface area contributed by atoms with Crippen LogP contribution in [0.2, 0.25) is 0 Å². The molecule has 3 rings (SSSR count). The third-order valence-electron chi connectivity index (χ3n) is 3.37. The molecule has 5 nitrogen and oxygen atoms in total. The average Bonchev–Trinajstić information content (AvgIpc) is 3.03. The number of nitrogens with two attached hydrogens (primary N) is 1. The number of rotatable bonds is 5. The van der Waals surface area contributed by atoms with Crippen LogP contribution in [-0.4, -0.2) is 10.9 Å². The maximum Gasteiger partial charge on any atom is 0.251 e. The van der Waals surface area contributed by atoms with Crippen LogP contribution < -0.4 is 11.1 Å². The summed E-state index contributed by atoms with van der Waals surface area (Å²) in [5.41, 5.74) is 6.41. The molecule has 0 saturated heterocycles. The minimum Gasteiger partial charge on any atom is -0.439 e. The van der Waals surface area contributed by atoms with Gasteiger partial charge >= 0.3 is 0 Å². The Kier molecular flexibility index (Phi) is 4.61. The summed E-state index contributed by atoms with van der Waals surface area (Å²) >= 11 is 3.46. The molecule has 0 saturated carbocycles. The number of benzene rings is 2. The maximum absolute atomic E-state index is 13.4. The van der Waals surface area contributed by atoms with Gasteiger partial charge in [0.1, 0.15) is 5.82 Å². The Bertz CT molecular complexity index is 895. The van der Waals surface area contributed by atoms with E-state index in [1.807, 2.05) is 24.3 Å². The van der Waals surface area contributed by atoms with Crippen LogP contribution in [0.25, 0.3) is 11.3 Å². The predicted octanol–water partition coefficient (Wildman–Crippen LogP) is 3.95. The van der Waals surface area contributed by atoms with E-state index in [4.69, 9.17) is 10.2 Å². The number of aromatic nitrogens is 1. The second kappa shape index (κ2) is 6.84. The summed E-state index contributed by atoms with van der Waals surface area (Å²) in [7, 11) is 0. The van der Waals surface area contributed by atoms with Gasteiger partial charge in [0.25, 0.3) is 5.91 Å². The lowest BCUT2D eigenvalue weighted by Crippen LogP contribution is -2.13. The molecule has 1 heterocycles. The van der Waals surface area contributed by atoms with E-state index in [9.17, 15) is 9.18 Å². The van der Waals surface area contributed by atoms with Crippen molar-refractivity contribution in [2.75, 3.05) is 5.32 Å². The van der Waals surface area contributed by atoms with Gasteiger partial charge in [-0.25, -0.2) is 9.37 Å². The highest BCUT2D eigenvalue weighted by molar-refractivity contribution is 9.10. The van der Waals surface area contributed by atoms with Gasteiger partial charge in [-0.1, -0.05) is 34.1 Å². The second-order valence-corrected chi connectivity index (χ2v) is 5.86. The van der Waals surface area contributed by atoms with Crippen LogP contribution in [0.1, 0.15) is 16.2 Å². The molecule has 0 unspecified atom stereocenters. The summed E-state index contributed by atoms with van der Waals surface area (Å²) in [4.78, 5) is 15.4.